The third-order valence-corrected chi connectivity index (χ3v) is 7.35. The molecule has 0 radical (unpaired) electrons. The summed E-state index contributed by atoms with van der Waals surface area (Å²) in [5.74, 6) is 5.19. The van der Waals surface area contributed by atoms with Crippen LogP contribution in [0.1, 0.15) is 44.7 Å². The number of aryl methyl sites for hydroxylation is 1. The summed E-state index contributed by atoms with van der Waals surface area (Å²) in [5.41, 5.74) is 0.802. The van der Waals surface area contributed by atoms with E-state index in [0.29, 0.717) is 22.7 Å². The van der Waals surface area contributed by atoms with Gasteiger partial charge in [-0.3, -0.25) is 4.79 Å². The first kappa shape index (κ1) is 29.5. The first-order chi connectivity index (χ1) is 18.5. The molecule has 0 saturated carbocycles. The summed E-state index contributed by atoms with van der Waals surface area (Å²) >= 11 is 0. The molecule has 8 heteroatoms. The highest BCUT2D eigenvalue weighted by molar-refractivity contribution is 7.93. The van der Waals surface area contributed by atoms with Gasteiger partial charge in [0.2, 0.25) is 0 Å². The number of sulfonamides is 1. The number of methoxy groups -OCH3 is 1. The first-order valence-corrected chi connectivity index (χ1v) is 14.0. The quantitative estimate of drug-likeness (QED) is 0.255. The van der Waals surface area contributed by atoms with Crippen molar-refractivity contribution in [3.63, 3.8) is 0 Å². The number of para-hydroxylation sites is 1. The third kappa shape index (κ3) is 8.45. The summed E-state index contributed by atoms with van der Waals surface area (Å²) in [6, 6.07) is 23.9. The van der Waals surface area contributed by atoms with Crippen LogP contribution in [0.3, 0.4) is 0 Å². The second-order valence-electron chi connectivity index (χ2n) is 9.86. The van der Waals surface area contributed by atoms with E-state index in [1.807, 2.05) is 30.3 Å². The predicted octanol–water partition coefficient (Wildman–Crippen LogP) is 5.98. The van der Waals surface area contributed by atoms with Crippen molar-refractivity contribution in [1.29, 1.82) is 0 Å². The summed E-state index contributed by atoms with van der Waals surface area (Å²) in [5, 5.41) is 0. The second kappa shape index (κ2) is 13.1. The van der Waals surface area contributed by atoms with Crippen molar-refractivity contribution in [3.8, 4) is 11.8 Å². The van der Waals surface area contributed by atoms with Crippen molar-refractivity contribution in [2.75, 3.05) is 11.4 Å². The number of rotatable bonds is 8. The Bertz CT molecular complexity index is 1430. The number of hydrogen-bond acceptors (Lipinski definition) is 6. The van der Waals surface area contributed by atoms with E-state index in [9.17, 15) is 18.0 Å². The molecule has 0 aliphatic carbocycles. The minimum atomic E-state index is -4.33. The van der Waals surface area contributed by atoms with E-state index in [1.54, 1.807) is 51.1 Å². The van der Waals surface area contributed by atoms with Gasteiger partial charge in [-0.1, -0.05) is 66.4 Å². The highest BCUT2D eigenvalue weighted by Crippen LogP contribution is 2.26. The molecule has 0 heterocycles. The molecule has 1 atom stereocenters. The van der Waals surface area contributed by atoms with Crippen LogP contribution in [0.2, 0.25) is 0 Å². The third-order valence-electron chi connectivity index (χ3n) is 5.66. The van der Waals surface area contributed by atoms with Gasteiger partial charge in [-0.15, -0.1) is 0 Å². The maximum atomic E-state index is 13.7. The van der Waals surface area contributed by atoms with Gasteiger partial charge in [0.05, 0.1) is 23.6 Å². The Kier molecular flexibility index (Phi) is 9.91. The number of hydrogen-bond donors (Lipinski definition) is 0. The van der Waals surface area contributed by atoms with Crippen molar-refractivity contribution in [3.05, 3.63) is 96.1 Å². The smallest absolute Gasteiger partial charge is 0.429 e. The fourth-order valence-electron chi connectivity index (χ4n) is 3.78. The molecule has 0 bridgehead atoms. The summed E-state index contributed by atoms with van der Waals surface area (Å²) < 4.78 is 38.3. The van der Waals surface area contributed by atoms with E-state index < -0.39 is 27.6 Å². The van der Waals surface area contributed by atoms with Crippen LogP contribution in [0, 0.1) is 17.8 Å². The molecule has 0 saturated heterocycles. The molecule has 1 amide bonds. The van der Waals surface area contributed by atoms with Crippen LogP contribution in [0.15, 0.2) is 89.8 Å². The van der Waals surface area contributed by atoms with Crippen LogP contribution < -0.4 is 4.31 Å². The molecule has 39 heavy (non-hydrogen) atoms. The van der Waals surface area contributed by atoms with Gasteiger partial charge in [-0.25, -0.2) is 13.2 Å². The zero-order chi connectivity index (χ0) is 28.5. The molecule has 3 rings (SSSR count). The Labute approximate surface area is 230 Å². The first-order valence-electron chi connectivity index (χ1n) is 12.6. The van der Waals surface area contributed by atoms with Gasteiger partial charge in [-0.2, -0.15) is 4.31 Å². The summed E-state index contributed by atoms with van der Waals surface area (Å²) in [4.78, 5) is 25.2. The molecule has 0 aromatic heterocycles. The number of anilines is 1. The lowest BCUT2D eigenvalue weighted by molar-refractivity contribution is -0.145. The van der Waals surface area contributed by atoms with Gasteiger partial charge in [0.15, 0.2) is 0 Å². The van der Waals surface area contributed by atoms with Crippen molar-refractivity contribution < 1.29 is 27.5 Å². The molecule has 3 aromatic rings. The van der Waals surface area contributed by atoms with Gasteiger partial charge in [0.25, 0.3) is 10.0 Å². The normalized spacial score (nSPS) is 12.0. The van der Waals surface area contributed by atoms with E-state index in [4.69, 9.17) is 9.47 Å². The largest absolute Gasteiger partial charge is 0.469 e. The Balaban J connectivity index is 1.84. The number of carbonyl (C=O) groups excluding carboxylic acids is 2. The minimum absolute atomic E-state index is 0.113. The average molecular weight is 548 g/mol. The van der Waals surface area contributed by atoms with Crippen LogP contribution in [0.4, 0.5) is 10.5 Å². The van der Waals surface area contributed by atoms with Gasteiger partial charge in [0, 0.05) is 12.0 Å². The van der Waals surface area contributed by atoms with E-state index >= 15 is 0 Å². The molecule has 0 spiro atoms. The Morgan fingerprint density at radius 1 is 0.923 bits per heavy atom. The van der Waals surface area contributed by atoms with Gasteiger partial charge < -0.3 is 9.47 Å². The highest BCUT2D eigenvalue weighted by atomic mass is 32.2. The zero-order valence-electron chi connectivity index (χ0n) is 22.6. The summed E-state index contributed by atoms with van der Waals surface area (Å²) in [6.07, 6.45) is 0.520. The van der Waals surface area contributed by atoms with Crippen LogP contribution in [0.5, 0.6) is 0 Å². The van der Waals surface area contributed by atoms with Gasteiger partial charge >= 0.3 is 12.1 Å². The lowest BCUT2D eigenvalue weighted by Gasteiger charge is -2.27. The topological polar surface area (TPSA) is 90.0 Å². The Morgan fingerprint density at radius 2 is 1.56 bits per heavy atom. The second-order valence-corrected chi connectivity index (χ2v) is 11.7. The Hall–Kier alpha value is -4.09. The fraction of sp³-hybridized carbons (Fsp3) is 0.290. The molecule has 204 valence electrons. The molecular formula is C31H33NO6S. The number of nitrogens with zero attached hydrogens (tertiary/aromatic N) is 1. The number of amides is 1. The van der Waals surface area contributed by atoms with Crippen molar-refractivity contribution in [2.45, 2.75) is 50.5 Å². The van der Waals surface area contributed by atoms with Crippen molar-refractivity contribution >= 4 is 27.8 Å². The van der Waals surface area contributed by atoms with E-state index in [1.165, 1.54) is 31.4 Å². The summed E-state index contributed by atoms with van der Waals surface area (Å²) in [6.45, 7) is 5.00. The SMILES string of the molecule is COC(=O)C(CC#Cc1cccc(S(=O)(=O)N(C(=O)OC(C)(C)C)c2ccccc2)c1)CCc1ccccc1. The monoisotopic (exact) mass is 547 g/mol. The van der Waals surface area contributed by atoms with Gasteiger partial charge in [-0.05, 0) is 69.5 Å². The van der Waals surface area contributed by atoms with E-state index in [2.05, 4.69) is 11.8 Å². The van der Waals surface area contributed by atoms with Crippen molar-refractivity contribution in [1.82, 2.24) is 0 Å². The molecule has 0 aliphatic heterocycles. The fourth-order valence-corrected chi connectivity index (χ4v) is 5.15. The minimum Gasteiger partial charge on any atom is -0.469 e. The maximum Gasteiger partial charge on any atom is 0.429 e. The lowest BCUT2D eigenvalue weighted by atomic mass is 9.96. The molecular weight excluding hydrogens is 514 g/mol. The van der Waals surface area contributed by atoms with Crippen LogP contribution in [-0.4, -0.2) is 33.2 Å². The number of esters is 1. The predicted molar refractivity (Wildman–Crippen MR) is 151 cm³/mol. The molecule has 1 unspecified atom stereocenters. The van der Waals surface area contributed by atoms with Crippen LogP contribution in [0.25, 0.3) is 0 Å². The van der Waals surface area contributed by atoms with Crippen molar-refractivity contribution in [2.24, 2.45) is 5.92 Å². The average Bonchev–Trinajstić information content (AvgIpc) is 2.90. The standard InChI is InChI=1S/C31H33NO6S/c1-31(2,3)38-30(34)32(27-18-9-6-10-19-27)39(35,36)28-20-12-16-25(23-28)15-11-17-26(29(33)37-4)22-21-24-13-7-5-8-14-24/h5-10,12-14,16,18-20,23,26H,17,21-22H2,1-4H3. The molecule has 3 aromatic carbocycles. The van der Waals surface area contributed by atoms with E-state index in [-0.39, 0.29) is 23.0 Å². The summed E-state index contributed by atoms with van der Waals surface area (Å²) in [7, 11) is -2.98. The number of benzene rings is 3. The Morgan fingerprint density at radius 3 is 2.18 bits per heavy atom. The lowest BCUT2D eigenvalue weighted by Crippen LogP contribution is -2.41. The van der Waals surface area contributed by atoms with Gasteiger partial charge in [0.1, 0.15) is 5.60 Å². The molecule has 0 N–H and O–H groups in total. The highest BCUT2D eigenvalue weighted by Gasteiger charge is 2.34. The van der Waals surface area contributed by atoms with Crippen LogP contribution in [-0.2, 0) is 30.7 Å². The maximum absolute atomic E-state index is 13.7. The molecule has 7 nitrogen and oxygen atoms in total. The zero-order valence-corrected chi connectivity index (χ0v) is 23.4. The number of ether oxygens (including phenoxy) is 2. The molecule has 0 fully saturated rings. The van der Waals surface area contributed by atoms with E-state index in [0.717, 1.165) is 5.56 Å². The number of carbonyl (C=O) groups is 2. The molecule has 0 aliphatic rings. The van der Waals surface area contributed by atoms with Crippen LogP contribution >= 0.6 is 0 Å².